The highest BCUT2D eigenvalue weighted by molar-refractivity contribution is 6.01. The molecule has 0 radical (unpaired) electrons. The second-order valence-electron chi connectivity index (χ2n) is 5.54. The molecule has 2 aromatic carbocycles. The summed E-state index contributed by atoms with van der Waals surface area (Å²) in [4.78, 5) is 16.1. The number of aromatic nitrogens is 3. The zero-order valence-electron chi connectivity index (χ0n) is 14.0. The molecule has 0 bridgehead atoms. The Morgan fingerprint density at radius 1 is 1.23 bits per heavy atom. The second kappa shape index (κ2) is 7.75. The van der Waals surface area contributed by atoms with Crippen molar-refractivity contribution in [3.63, 3.8) is 0 Å². The molecule has 0 unspecified atom stereocenters. The number of benzene rings is 2. The summed E-state index contributed by atoms with van der Waals surface area (Å²) in [5.41, 5.74) is 1.13. The standard InChI is InChI=1S/C18H17FN4O3/c1-26-15-8-2-12(3-9-15)16(24)10-23-11-20-17(22-23)18(25)21-14-6-4-13(19)5-7-14/h2-9,11,16,24H,10H2,1H3,(H,21,25)/t16-/m1/s1. The van der Waals surface area contributed by atoms with E-state index in [0.717, 1.165) is 0 Å². The van der Waals surface area contributed by atoms with Crippen molar-refractivity contribution in [1.29, 1.82) is 0 Å². The van der Waals surface area contributed by atoms with E-state index in [9.17, 15) is 14.3 Å². The number of halogens is 1. The number of methoxy groups -OCH3 is 1. The lowest BCUT2D eigenvalue weighted by Gasteiger charge is -2.11. The highest BCUT2D eigenvalue weighted by Crippen LogP contribution is 2.18. The van der Waals surface area contributed by atoms with Crippen molar-refractivity contribution in [3.8, 4) is 5.75 Å². The minimum absolute atomic E-state index is 0.0451. The highest BCUT2D eigenvalue weighted by Gasteiger charge is 2.14. The van der Waals surface area contributed by atoms with Crippen molar-refractivity contribution in [2.75, 3.05) is 12.4 Å². The van der Waals surface area contributed by atoms with E-state index in [-0.39, 0.29) is 12.4 Å². The first kappa shape index (κ1) is 17.6. The maximum absolute atomic E-state index is 12.9. The zero-order valence-corrected chi connectivity index (χ0v) is 14.0. The molecule has 26 heavy (non-hydrogen) atoms. The third-order valence-corrected chi connectivity index (χ3v) is 3.70. The van der Waals surface area contributed by atoms with Crippen molar-refractivity contribution in [2.24, 2.45) is 0 Å². The summed E-state index contributed by atoms with van der Waals surface area (Å²) < 4.78 is 19.3. The molecule has 0 aliphatic heterocycles. The van der Waals surface area contributed by atoms with Gasteiger partial charge >= 0.3 is 0 Å². The molecule has 1 atom stereocenters. The Morgan fingerprint density at radius 2 is 1.92 bits per heavy atom. The van der Waals surface area contributed by atoms with Gasteiger partial charge in [-0.2, -0.15) is 0 Å². The Bertz CT molecular complexity index is 878. The molecule has 0 saturated heterocycles. The van der Waals surface area contributed by atoms with Crippen molar-refractivity contribution in [1.82, 2.24) is 14.8 Å². The Labute approximate surface area is 149 Å². The van der Waals surface area contributed by atoms with E-state index in [1.54, 1.807) is 31.4 Å². The number of rotatable bonds is 6. The van der Waals surface area contributed by atoms with E-state index in [2.05, 4.69) is 15.4 Å². The summed E-state index contributed by atoms with van der Waals surface area (Å²) in [5.74, 6) is -0.259. The number of nitrogens with one attached hydrogen (secondary N) is 1. The molecule has 1 heterocycles. The van der Waals surface area contributed by atoms with Crippen molar-refractivity contribution in [2.45, 2.75) is 12.6 Å². The van der Waals surface area contributed by atoms with Gasteiger partial charge in [0, 0.05) is 5.69 Å². The van der Waals surface area contributed by atoms with E-state index in [0.29, 0.717) is 17.0 Å². The van der Waals surface area contributed by atoms with Gasteiger partial charge < -0.3 is 15.2 Å². The molecule has 1 aromatic heterocycles. The van der Waals surface area contributed by atoms with E-state index in [1.807, 2.05) is 0 Å². The SMILES string of the molecule is COc1ccc([C@H](O)Cn2cnc(C(=O)Nc3ccc(F)cc3)n2)cc1. The number of anilines is 1. The van der Waals surface area contributed by atoms with E-state index >= 15 is 0 Å². The third kappa shape index (κ3) is 4.22. The van der Waals surface area contributed by atoms with Gasteiger partial charge in [-0.25, -0.2) is 14.1 Å². The van der Waals surface area contributed by atoms with Crippen molar-refractivity contribution in [3.05, 3.63) is 72.1 Å². The van der Waals surface area contributed by atoms with E-state index < -0.39 is 17.8 Å². The van der Waals surface area contributed by atoms with Crippen LogP contribution in [0, 0.1) is 5.82 Å². The Balaban J connectivity index is 1.63. The first-order chi connectivity index (χ1) is 12.5. The molecule has 8 heteroatoms. The third-order valence-electron chi connectivity index (χ3n) is 3.70. The molecule has 134 valence electrons. The molecular weight excluding hydrogens is 339 g/mol. The average Bonchev–Trinajstić information content (AvgIpc) is 3.12. The van der Waals surface area contributed by atoms with Gasteiger partial charge in [-0.15, -0.1) is 5.10 Å². The predicted molar refractivity (Wildman–Crippen MR) is 92.3 cm³/mol. The Morgan fingerprint density at radius 3 is 2.58 bits per heavy atom. The van der Waals surface area contributed by atoms with Crippen LogP contribution in [-0.2, 0) is 6.54 Å². The molecule has 0 fully saturated rings. The molecule has 0 aliphatic carbocycles. The molecular formula is C18H17FN4O3. The number of carbonyl (C=O) groups excluding carboxylic acids is 1. The molecule has 3 aromatic rings. The lowest BCUT2D eigenvalue weighted by atomic mass is 10.1. The van der Waals surface area contributed by atoms with Gasteiger partial charge in [0.2, 0.25) is 5.82 Å². The summed E-state index contributed by atoms with van der Waals surface area (Å²) in [6.07, 6.45) is 0.558. The van der Waals surface area contributed by atoms with Crippen LogP contribution in [0.4, 0.5) is 10.1 Å². The van der Waals surface area contributed by atoms with Crippen LogP contribution < -0.4 is 10.1 Å². The lowest BCUT2D eigenvalue weighted by molar-refractivity contribution is 0.101. The Kier molecular flexibility index (Phi) is 5.23. The number of aliphatic hydroxyl groups excluding tert-OH is 1. The maximum atomic E-state index is 12.9. The number of nitrogens with zero attached hydrogens (tertiary/aromatic N) is 3. The summed E-state index contributed by atoms with van der Waals surface area (Å²) in [5, 5.41) is 16.9. The molecule has 1 amide bonds. The number of hydrogen-bond donors (Lipinski definition) is 2. The number of ether oxygens (including phenoxy) is 1. The molecule has 3 rings (SSSR count). The average molecular weight is 356 g/mol. The number of amides is 1. The van der Waals surface area contributed by atoms with Gasteiger partial charge in [0.15, 0.2) is 0 Å². The summed E-state index contributed by atoms with van der Waals surface area (Å²) >= 11 is 0. The first-order valence-corrected chi connectivity index (χ1v) is 7.83. The van der Waals surface area contributed by atoms with Crippen molar-refractivity contribution < 1.29 is 19.0 Å². The van der Waals surface area contributed by atoms with Crippen LogP contribution in [0.25, 0.3) is 0 Å². The first-order valence-electron chi connectivity index (χ1n) is 7.83. The molecule has 2 N–H and O–H groups in total. The van der Waals surface area contributed by atoms with Crippen LogP contribution >= 0.6 is 0 Å². The monoisotopic (exact) mass is 356 g/mol. The van der Waals surface area contributed by atoms with E-state index in [4.69, 9.17) is 4.74 Å². The number of aliphatic hydroxyl groups is 1. The topological polar surface area (TPSA) is 89.3 Å². The fraction of sp³-hybridized carbons (Fsp3) is 0.167. The minimum atomic E-state index is -0.810. The fourth-order valence-electron chi connectivity index (χ4n) is 2.32. The lowest BCUT2D eigenvalue weighted by Crippen LogP contribution is -2.15. The molecule has 0 spiro atoms. The molecule has 7 nitrogen and oxygen atoms in total. The fourth-order valence-corrected chi connectivity index (χ4v) is 2.32. The largest absolute Gasteiger partial charge is 0.497 e. The van der Waals surface area contributed by atoms with Crippen LogP contribution in [0.3, 0.4) is 0 Å². The van der Waals surface area contributed by atoms with Gasteiger partial charge in [0.05, 0.1) is 19.8 Å². The van der Waals surface area contributed by atoms with Crippen LogP contribution in [0.5, 0.6) is 5.75 Å². The second-order valence-corrected chi connectivity index (χ2v) is 5.54. The Hall–Kier alpha value is -3.26. The quantitative estimate of drug-likeness (QED) is 0.708. The van der Waals surface area contributed by atoms with Crippen LogP contribution in [-0.4, -0.2) is 32.9 Å². The minimum Gasteiger partial charge on any atom is -0.497 e. The predicted octanol–water partition coefficient (Wildman–Crippen LogP) is 2.41. The molecule has 0 saturated carbocycles. The van der Waals surface area contributed by atoms with Crippen LogP contribution in [0.15, 0.2) is 54.9 Å². The van der Waals surface area contributed by atoms with Gasteiger partial charge in [0.25, 0.3) is 5.91 Å². The maximum Gasteiger partial charge on any atom is 0.295 e. The van der Waals surface area contributed by atoms with Crippen LogP contribution in [0.1, 0.15) is 22.3 Å². The summed E-state index contributed by atoms with van der Waals surface area (Å²) in [7, 11) is 1.57. The summed E-state index contributed by atoms with van der Waals surface area (Å²) in [6, 6.07) is 12.4. The normalized spacial score (nSPS) is 11.8. The number of carbonyl (C=O) groups is 1. The van der Waals surface area contributed by atoms with Gasteiger partial charge in [0.1, 0.15) is 17.9 Å². The zero-order chi connectivity index (χ0) is 18.5. The highest BCUT2D eigenvalue weighted by atomic mass is 19.1. The van der Waals surface area contributed by atoms with Crippen LogP contribution in [0.2, 0.25) is 0 Å². The molecule has 0 aliphatic rings. The van der Waals surface area contributed by atoms with Gasteiger partial charge in [-0.3, -0.25) is 4.79 Å². The van der Waals surface area contributed by atoms with Gasteiger partial charge in [-0.05, 0) is 42.0 Å². The summed E-state index contributed by atoms with van der Waals surface area (Å²) in [6.45, 7) is 0.142. The van der Waals surface area contributed by atoms with E-state index in [1.165, 1.54) is 35.3 Å². The smallest absolute Gasteiger partial charge is 0.295 e. The van der Waals surface area contributed by atoms with Gasteiger partial charge in [-0.1, -0.05) is 12.1 Å². The number of hydrogen-bond acceptors (Lipinski definition) is 5. The van der Waals surface area contributed by atoms with Crippen molar-refractivity contribution >= 4 is 11.6 Å².